The first-order chi connectivity index (χ1) is 26.8. The quantitative estimate of drug-likeness (QED) is 0.107. The molecule has 9 heteroatoms. The fourth-order valence-corrected chi connectivity index (χ4v) is 10.0. The van der Waals surface area contributed by atoms with Crippen LogP contribution in [0.25, 0.3) is 33.2 Å². The number of aromatic amines is 1. The van der Waals surface area contributed by atoms with E-state index in [1.165, 1.54) is 73.3 Å². The number of fused-ring (bicyclic) bond motifs is 3. The van der Waals surface area contributed by atoms with Gasteiger partial charge in [0.25, 0.3) is 0 Å². The number of H-pyrrole nitrogens is 1. The molecule has 2 atom stereocenters. The van der Waals surface area contributed by atoms with Gasteiger partial charge in [0, 0.05) is 71.5 Å². The van der Waals surface area contributed by atoms with E-state index < -0.39 is 0 Å². The zero-order valence-corrected chi connectivity index (χ0v) is 32.3. The van der Waals surface area contributed by atoms with E-state index in [-0.39, 0.29) is 12.0 Å². The SMILES string of the molecule is C=C1CCC(Nc2ccc(C3CC(N4CCC5(CCN(c6ccc7c(c6)[nH]c6ncnc(-c8ccc(C(C)CNC=O)c(C)c8)c67)CC5)C4)C3)cc2)C(=C)N1. The molecule has 55 heavy (non-hydrogen) atoms. The van der Waals surface area contributed by atoms with E-state index in [1.54, 1.807) is 6.33 Å². The largest absolute Gasteiger partial charge is 0.377 e. The first-order valence-electron chi connectivity index (χ1n) is 20.3. The highest BCUT2D eigenvalue weighted by Gasteiger charge is 2.45. The van der Waals surface area contributed by atoms with Crippen molar-refractivity contribution in [3.63, 3.8) is 0 Å². The third-order valence-electron chi connectivity index (χ3n) is 13.5. The Morgan fingerprint density at radius 1 is 1.00 bits per heavy atom. The normalized spacial score (nSPS) is 23.2. The number of amides is 1. The van der Waals surface area contributed by atoms with Gasteiger partial charge in [-0.15, -0.1) is 0 Å². The molecule has 9 nitrogen and oxygen atoms in total. The van der Waals surface area contributed by atoms with Gasteiger partial charge in [0.1, 0.15) is 12.0 Å². The van der Waals surface area contributed by atoms with E-state index in [4.69, 9.17) is 4.98 Å². The van der Waals surface area contributed by atoms with Crippen LogP contribution in [0.5, 0.6) is 0 Å². The second-order valence-electron chi connectivity index (χ2n) is 16.9. The summed E-state index contributed by atoms with van der Waals surface area (Å²) in [4.78, 5) is 29.3. The minimum atomic E-state index is 0.232. The Bertz CT molecular complexity index is 2240. The van der Waals surface area contributed by atoms with Crippen LogP contribution in [0.2, 0.25) is 0 Å². The number of nitrogens with zero attached hydrogens (tertiary/aromatic N) is 4. The summed E-state index contributed by atoms with van der Waals surface area (Å²) >= 11 is 0. The van der Waals surface area contributed by atoms with Crippen molar-refractivity contribution >= 4 is 39.7 Å². The van der Waals surface area contributed by atoms with Crippen LogP contribution in [-0.4, -0.2) is 71.1 Å². The molecule has 3 aliphatic heterocycles. The number of carbonyl (C=O) groups is 1. The van der Waals surface area contributed by atoms with Crippen molar-refractivity contribution in [2.45, 2.75) is 82.7 Å². The molecule has 4 fully saturated rings. The monoisotopic (exact) mass is 734 g/mol. The maximum atomic E-state index is 10.8. The summed E-state index contributed by atoms with van der Waals surface area (Å²) in [5.74, 6) is 0.903. The lowest BCUT2D eigenvalue weighted by Gasteiger charge is -2.44. The van der Waals surface area contributed by atoms with Gasteiger partial charge in [0.05, 0.1) is 17.1 Å². The number of allylic oxidation sites excluding steroid dienone is 1. The van der Waals surface area contributed by atoms with Gasteiger partial charge in [0.2, 0.25) is 6.41 Å². The number of rotatable bonds is 10. The van der Waals surface area contributed by atoms with Crippen LogP contribution in [-0.2, 0) is 4.79 Å². The highest BCUT2D eigenvalue weighted by molar-refractivity contribution is 6.12. The van der Waals surface area contributed by atoms with Crippen molar-refractivity contribution in [1.82, 2.24) is 30.5 Å². The molecule has 3 aromatic carbocycles. The number of piperidine rings is 2. The van der Waals surface area contributed by atoms with Crippen molar-refractivity contribution in [2.24, 2.45) is 5.41 Å². The summed E-state index contributed by atoms with van der Waals surface area (Å²) < 4.78 is 0. The number of hydrogen-bond donors (Lipinski definition) is 4. The molecule has 3 saturated heterocycles. The van der Waals surface area contributed by atoms with Gasteiger partial charge in [-0.2, -0.15) is 0 Å². The number of anilines is 2. The van der Waals surface area contributed by atoms with Gasteiger partial charge in [-0.1, -0.05) is 50.4 Å². The summed E-state index contributed by atoms with van der Waals surface area (Å²) in [5, 5.41) is 12.0. The molecule has 1 amide bonds. The van der Waals surface area contributed by atoms with Gasteiger partial charge in [-0.05, 0) is 123 Å². The molecule has 4 aliphatic rings. The second-order valence-corrected chi connectivity index (χ2v) is 16.9. The lowest BCUT2D eigenvalue weighted by atomic mass is 9.74. The van der Waals surface area contributed by atoms with Crippen LogP contribution in [0.1, 0.15) is 80.4 Å². The van der Waals surface area contributed by atoms with Crippen molar-refractivity contribution in [1.29, 1.82) is 0 Å². The van der Waals surface area contributed by atoms with Crippen LogP contribution < -0.4 is 20.9 Å². The lowest BCUT2D eigenvalue weighted by molar-refractivity contribution is -0.109. The average Bonchev–Trinajstić information content (AvgIpc) is 3.76. The smallest absolute Gasteiger partial charge is 0.207 e. The fourth-order valence-electron chi connectivity index (χ4n) is 10.0. The Labute approximate surface area is 324 Å². The molecular formula is C46H54N8O. The third-order valence-corrected chi connectivity index (χ3v) is 13.5. The topological polar surface area (TPSA) is 101 Å². The number of nitrogens with one attached hydrogen (secondary N) is 4. The van der Waals surface area contributed by atoms with Crippen LogP contribution in [0, 0.1) is 12.3 Å². The van der Waals surface area contributed by atoms with Crippen LogP contribution in [0.4, 0.5) is 11.4 Å². The molecule has 4 N–H and O–H groups in total. The molecule has 0 radical (unpaired) electrons. The summed E-state index contributed by atoms with van der Waals surface area (Å²) in [6.07, 6.45) is 10.8. The first-order valence-corrected chi connectivity index (χ1v) is 20.3. The predicted octanol–water partition coefficient (Wildman–Crippen LogP) is 8.37. The van der Waals surface area contributed by atoms with Gasteiger partial charge in [-0.25, -0.2) is 9.97 Å². The van der Waals surface area contributed by atoms with Gasteiger partial charge >= 0.3 is 0 Å². The molecule has 1 aliphatic carbocycles. The highest BCUT2D eigenvalue weighted by Crippen LogP contribution is 2.47. The number of benzene rings is 3. The lowest BCUT2D eigenvalue weighted by Crippen LogP contribution is -2.46. The Hall–Kier alpha value is -5.15. The molecular weight excluding hydrogens is 681 g/mol. The fraction of sp³-hybridized carbons (Fsp3) is 0.413. The first kappa shape index (κ1) is 35.5. The highest BCUT2D eigenvalue weighted by atomic mass is 16.1. The van der Waals surface area contributed by atoms with Crippen molar-refractivity contribution in [3.05, 3.63) is 108 Å². The van der Waals surface area contributed by atoms with Gasteiger partial charge in [0.15, 0.2) is 0 Å². The van der Waals surface area contributed by atoms with E-state index in [1.807, 2.05) is 0 Å². The second kappa shape index (κ2) is 14.5. The molecule has 1 spiro atoms. The summed E-state index contributed by atoms with van der Waals surface area (Å²) in [5.41, 5.74) is 12.9. The molecule has 2 aromatic heterocycles. The molecule has 5 heterocycles. The molecule has 5 aromatic rings. The molecule has 0 bridgehead atoms. The summed E-state index contributed by atoms with van der Waals surface area (Å²) in [7, 11) is 0. The molecule has 9 rings (SSSR count). The minimum Gasteiger partial charge on any atom is -0.377 e. The Morgan fingerprint density at radius 3 is 2.56 bits per heavy atom. The maximum Gasteiger partial charge on any atom is 0.207 e. The van der Waals surface area contributed by atoms with Crippen LogP contribution in [0.3, 0.4) is 0 Å². The molecule has 2 unspecified atom stereocenters. The predicted molar refractivity (Wildman–Crippen MR) is 224 cm³/mol. The Morgan fingerprint density at radius 2 is 1.80 bits per heavy atom. The number of aryl methyl sites for hydroxylation is 1. The van der Waals surface area contributed by atoms with Crippen LogP contribution in [0.15, 0.2) is 91.5 Å². The van der Waals surface area contributed by atoms with Crippen LogP contribution >= 0.6 is 0 Å². The number of likely N-dealkylation sites (tertiary alicyclic amines) is 1. The van der Waals surface area contributed by atoms with Gasteiger partial charge < -0.3 is 25.8 Å². The average molecular weight is 735 g/mol. The van der Waals surface area contributed by atoms with E-state index in [0.717, 1.165) is 83.0 Å². The molecule has 1 saturated carbocycles. The standard InChI is InChI=1S/C46H54N8O/c1-29-21-34(8-12-39(29)30(2)25-47-28-55)44-43-40-13-11-37(24-42(40)52-45(43)49-27-48-44)53-18-15-46(16-19-53)17-20-54(26-46)38-22-35(23-38)33-6-9-36(10-7-33)51-41-14-5-31(3)50-32(41)4/h6-13,21,24,27-28,30,35,38,41,50-51H,3-5,14-20,22-23,25-26H2,1-2H3,(H,47,55)(H,48,49,52). The summed E-state index contributed by atoms with van der Waals surface area (Å²) in [6, 6.07) is 23.5. The minimum absolute atomic E-state index is 0.232. The number of aromatic nitrogens is 3. The van der Waals surface area contributed by atoms with Crippen molar-refractivity contribution in [2.75, 3.05) is 42.9 Å². The summed E-state index contributed by atoms with van der Waals surface area (Å²) in [6.45, 7) is 17.8. The van der Waals surface area contributed by atoms with Crippen molar-refractivity contribution < 1.29 is 4.79 Å². The number of hydrogen-bond acceptors (Lipinski definition) is 7. The number of carbonyl (C=O) groups excluding carboxylic acids is 1. The zero-order valence-electron chi connectivity index (χ0n) is 32.3. The molecule has 284 valence electrons. The Balaban J connectivity index is 0.808. The van der Waals surface area contributed by atoms with E-state index in [9.17, 15) is 4.79 Å². The maximum absolute atomic E-state index is 10.8. The Kier molecular flexibility index (Phi) is 9.37. The van der Waals surface area contributed by atoms with E-state index in [0.29, 0.717) is 17.9 Å². The van der Waals surface area contributed by atoms with Crippen molar-refractivity contribution in [3.8, 4) is 11.3 Å². The third kappa shape index (κ3) is 6.88. The van der Waals surface area contributed by atoms with E-state index >= 15 is 0 Å². The zero-order chi connectivity index (χ0) is 37.7. The van der Waals surface area contributed by atoms with Gasteiger partial charge in [-0.3, -0.25) is 9.69 Å². The van der Waals surface area contributed by atoms with E-state index in [2.05, 4.69) is 123 Å².